The summed E-state index contributed by atoms with van der Waals surface area (Å²) in [5, 5.41) is 15.0. The van der Waals surface area contributed by atoms with Gasteiger partial charge in [-0.1, -0.05) is 17.4 Å². The average molecular weight is 373 g/mol. The maximum absolute atomic E-state index is 12.6. The first-order chi connectivity index (χ1) is 12.4. The zero-order chi connectivity index (χ0) is 18.8. The van der Waals surface area contributed by atoms with Crippen LogP contribution in [0.5, 0.6) is 5.88 Å². The summed E-state index contributed by atoms with van der Waals surface area (Å²) in [4.78, 5) is 27.7. The minimum atomic E-state index is -0.506. The van der Waals surface area contributed by atoms with Crippen LogP contribution in [-0.2, 0) is 13.6 Å². The van der Waals surface area contributed by atoms with Crippen molar-refractivity contribution in [2.45, 2.75) is 6.54 Å². The normalized spacial score (nSPS) is 11.7. The molecule has 2 heterocycles. The van der Waals surface area contributed by atoms with Gasteiger partial charge in [0.25, 0.3) is 11.6 Å². The second kappa shape index (κ2) is 6.92. The number of benzene rings is 1. The van der Waals surface area contributed by atoms with Gasteiger partial charge in [-0.2, -0.15) is 4.99 Å². The number of nitrogens with zero attached hydrogens (tertiary/aromatic N) is 5. The van der Waals surface area contributed by atoms with E-state index in [4.69, 9.17) is 4.74 Å². The van der Waals surface area contributed by atoms with Crippen LogP contribution in [0.4, 0.5) is 5.69 Å². The first-order valence-electron chi connectivity index (χ1n) is 7.50. The Kier molecular flexibility index (Phi) is 4.67. The van der Waals surface area contributed by atoms with Gasteiger partial charge in [-0.15, -0.1) is 11.7 Å². The van der Waals surface area contributed by atoms with E-state index in [1.165, 1.54) is 41.5 Å². The van der Waals surface area contributed by atoms with Crippen molar-refractivity contribution < 1.29 is 14.5 Å². The van der Waals surface area contributed by atoms with Gasteiger partial charge in [0.2, 0.25) is 5.88 Å². The van der Waals surface area contributed by atoms with Crippen molar-refractivity contribution in [1.82, 2.24) is 14.3 Å². The van der Waals surface area contributed by atoms with Gasteiger partial charge in [0.1, 0.15) is 5.56 Å². The van der Waals surface area contributed by atoms with Gasteiger partial charge in [0.15, 0.2) is 4.80 Å². The predicted octanol–water partition coefficient (Wildman–Crippen LogP) is 2.28. The number of nitro groups is 1. The van der Waals surface area contributed by atoms with Crippen molar-refractivity contribution in [3.05, 3.63) is 57.5 Å². The molecule has 9 nitrogen and oxygen atoms in total. The van der Waals surface area contributed by atoms with E-state index in [1.54, 1.807) is 23.8 Å². The highest BCUT2D eigenvalue weighted by Crippen LogP contribution is 2.23. The second-order valence-corrected chi connectivity index (χ2v) is 6.34. The molecule has 134 valence electrons. The van der Waals surface area contributed by atoms with Crippen molar-refractivity contribution in [3.63, 3.8) is 0 Å². The van der Waals surface area contributed by atoms with Gasteiger partial charge >= 0.3 is 0 Å². The highest BCUT2D eigenvalue weighted by Gasteiger charge is 2.17. The fourth-order valence-electron chi connectivity index (χ4n) is 2.48. The topological polar surface area (TPSA) is 105 Å². The van der Waals surface area contributed by atoms with Crippen molar-refractivity contribution in [3.8, 4) is 5.88 Å². The van der Waals surface area contributed by atoms with Gasteiger partial charge in [0, 0.05) is 31.9 Å². The van der Waals surface area contributed by atoms with Crippen LogP contribution in [0.3, 0.4) is 0 Å². The Morgan fingerprint density at radius 1 is 1.54 bits per heavy atom. The molecule has 0 N–H and O–H groups in total. The molecule has 1 amide bonds. The van der Waals surface area contributed by atoms with Gasteiger partial charge in [0.05, 0.1) is 22.2 Å². The summed E-state index contributed by atoms with van der Waals surface area (Å²) < 4.78 is 9.00. The molecular weight excluding hydrogens is 358 g/mol. The van der Waals surface area contributed by atoms with E-state index >= 15 is 0 Å². The fraction of sp³-hybridized carbons (Fsp3) is 0.188. The van der Waals surface area contributed by atoms with Crippen LogP contribution in [0.2, 0.25) is 0 Å². The van der Waals surface area contributed by atoms with Crippen LogP contribution in [0.1, 0.15) is 10.4 Å². The number of nitro benzene ring substituents is 1. The number of hydrogen-bond acceptors (Lipinski definition) is 6. The highest BCUT2D eigenvalue weighted by atomic mass is 32.1. The number of aromatic nitrogens is 3. The Morgan fingerprint density at radius 2 is 2.31 bits per heavy atom. The van der Waals surface area contributed by atoms with E-state index in [9.17, 15) is 14.9 Å². The molecule has 2 aromatic heterocycles. The lowest BCUT2D eigenvalue weighted by Gasteiger charge is -2.00. The third-order valence-corrected chi connectivity index (χ3v) is 4.65. The van der Waals surface area contributed by atoms with Crippen LogP contribution in [-0.4, -0.2) is 32.3 Å². The van der Waals surface area contributed by atoms with Crippen LogP contribution in [0.25, 0.3) is 10.2 Å². The molecule has 0 spiro atoms. The van der Waals surface area contributed by atoms with Crippen molar-refractivity contribution in [1.29, 1.82) is 0 Å². The molecule has 26 heavy (non-hydrogen) atoms. The SMILES string of the molecule is C=CCn1c(=NC(=O)c2cn(C)nc2OC)sc2cc([N+](=O)[O-])ccc21. The Labute approximate surface area is 151 Å². The largest absolute Gasteiger partial charge is 0.479 e. The molecular formula is C16H15N5O4S. The Hall–Kier alpha value is -3.27. The van der Waals surface area contributed by atoms with Crippen LogP contribution < -0.4 is 9.54 Å². The Bertz CT molecular complexity index is 1090. The van der Waals surface area contributed by atoms with Crippen LogP contribution in [0, 0.1) is 10.1 Å². The Morgan fingerprint density at radius 3 is 2.96 bits per heavy atom. The summed E-state index contributed by atoms with van der Waals surface area (Å²) >= 11 is 1.19. The second-order valence-electron chi connectivity index (χ2n) is 5.34. The summed E-state index contributed by atoms with van der Waals surface area (Å²) in [5.74, 6) is -0.318. The number of methoxy groups -OCH3 is 1. The first-order valence-corrected chi connectivity index (χ1v) is 8.31. The number of rotatable bonds is 5. The van der Waals surface area contributed by atoms with Crippen molar-refractivity contribution in [2.75, 3.05) is 7.11 Å². The molecule has 0 fully saturated rings. The molecule has 0 saturated heterocycles. The lowest BCUT2D eigenvalue weighted by atomic mass is 10.3. The number of thiazole rings is 1. The summed E-state index contributed by atoms with van der Waals surface area (Å²) in [6.07, 6.45) is 3.20. The molecule has 0 radical (unpaired) electrons. The molecule has 3 aromatic rings. The number of carbonyl (C=O) groups excluding carboxylic acids is 1. The summed E-state index contributed by atoms with van der Waals surface area (Å²) in [7, 11) is 3.10. The number of allylic oxidation sites excluding steroid dienone is 1. The van der Waals surface area contributed by atoms with E-state index in [2.05, 4.69) is 16.7 Å². The quantitative estimate of drug-likeness (QED) is 0.388. The molecule has 0 bridgehead atoms. The maximum atomic E-state index is 12.6. The van der Waals surface area contributed by atoms with E-state index in [1.807, 2.05) is 0 Å². The number of non-ortho nitro benzene ring substituents is 1. The molecule has 0 aliphatic heterocycles. The summed E-state index contributed by atoms with van der Waals surface area (Å²) in [6.45, 7) is 4.12. The molecule has 10 heteroatoms. The highest BCUT2D eigenvalue weighted by molar-refractivity contribution is 7.16. The van der Waals surface area contributed by atoms with E-state index in [0.29, 0.717) is 16.0 Å². The summed E-state index contributed by atoms with van der Waals surface area (Å²) in [6, 6.07) is 4.53. The van der Waals surface area contributed by atoms with Gasteiger partial charge in [-0.05, 0) is 6.07 Å². The lowest BCUT2D eigenvalue weighted by Crippen LogP contribution is -2.16. The van der Waals surface area contributed by atoms with E-state index < -0.39 is 10.8 Å². The number of carbonyl (C=O) groups is 1. The molecule has 0 atom stereocenters. The van der Waals surface area contributed by atoms with Crippen LogP contribution in [0.15, 0.2) is 42.0 Å². The number of fused-ring (bicyclic) bond motifs is 1. The Balaban J connectivity index is 2.17. The molecule has 3 rings (SSSR count). The minimum absolute atomic E-state index is 0.0173. The zero-order valence-corrected chi connectivity index (χ0v) is 14.9. The lowest BCUT2D eigenvalue weighted by molar-refractivity contribution is -0.384. The standard InChI is InChI=1S/C16H15N5O4S/c1-4-7-20-12-6-5-10(21(23)24)8-13(12)26-16(20)17-14(22)11-9-19(2)18-15(11)25-3/h4-6,8-9H,1,7H2,2-3H3. The molecule has 0 unspecified atom stereocenters. The molecule has 0 aliphatic rings. The number of amides is 1. The smallest absolute Gasteiger partial charge is 0.286 e. The monoisotopic (exact) mass is 373 g/mol. The fourth-order valence-corrected chi connectivity index (χ4v) is 3.55. The number of aryl methyl sites for hydroxylation is 1. The average Bonchev–Trinajstić information content (AvgIpc) is 3.15. The number of ether oxygens (including phenoxy) is 1. The van der Waals surface area contributed by atoms with E-state index in [0.717, 1.165) is 5.52 Å². The van der Waals surface area contributed by atoms with Crippen molar-refractivity contribution >= 4 is 33.1 Å². The third kappa shape index (κ3) is 3.14. The third-order valence-electron chi connectivity index (χ3n) is 3.60. The maximum Gasteiger partial charge on any atom is 0.286 e. The van der Waals surface area contributed by atoms with Gasteiger partial charge in [-0.25, -0.2) is 0 Å². The molecule has 0 saturated carbocycles. The number of hydrogen-bond donors (Lipinski definition) is 0. The van der Waals surface area contributed by atoms with Gasteiger partial charge < -0.3 is 9.30 Å². The van der Waals surface area contributed by atoms with E-state index in [-0.39, 0.29) is 17.1 Å². The van der Waals surface area contributed by atoms with Crippen molar-refractivity contribution in [2.24, 2.45) is 12.0 Å². The molecule has 1 aromatic carbocycles. The first kappa shape index (κ1) is 17.5. The zero-order valence-electron chi connectivity index (χ0n) is 14.1. The summed E-state index contributed by atoms with van der Waals surface area (Å²) in [5.41, 5.74) is 0.963. The minimum Gasteiger partial charge on any atom is -0.479 e. The predicted molar refractivity (Wildman–Crippen MR) is 96.3 cm³/mol. The molecule has 0 aliphatic carbocycles. The van der Waals surface area contributed by atoms with Crippen LogP contribution >= 0.6 is 11.3 Å². The van der Waals surface area contributed by atoms with Gasteiger partial charge in [-0.3, -0.25) is 19.6 Å².